The summed E-state index contributed by atoms with van der Waals surface area (Å²) in [7, 11) is 0. The van der Waals surface area contributed by atoms with E-state index in [-0.39, 0.29) is 0 Å². The summed E-state index contributed by atoms with van der Waals surface area (Å²) in [5.41, 5.74) is 3.48. The molecule has 0 bridgehead atoms. The molecule has 0 saturated carbocycles. The van der Waals surface area contributed by atoms with Gasteiger partial charge in [-0.15, -0.1) is 11.6 Å². The van der Waals surface area contributed by atoms with E-state index in [1.165, 1.54) is 16.3 Å². The summed E-state index contributed by atoms with van der Waals surface area (Å²) in [6, 6.07) is 22.6. The first-order chi connectivity index (χ1) is 10.8. The summed E-state index contributed by atoms with van der Waals surface area (Å²) in [6.45, 7) is 7.43. The quantitative estimate of drug-likeness (QED) is 0.481. The molecule has 0 aliphatic heterocycles. The molecule has 0 saturated heterocycles. The lowest BCUT2D eigenvalue weighted by molar-refractivity contribution is 1.40. The second-order valence-electron chi connectivity index (χ2n) is 4.85. The molecule has 0 nitrogen and oxygen atoms in total. The van der Waals surface area contributed by atoms with Crippen LogP contribution in [0.25, 0.3) is 22.9 Å². The predicted molar refractivity (Wildman–Crippen MR) is 100 cm³/mol. The van der Waals surface area contributed by atoms with Crippen molar-refractivity contribution in [2.45, 2.75) is 5.88 Å². The Kier molecular flexibility index (Phi) is 6.00. The van der Waals surface area contributed by atoms with Gasteiger partial charge in [0.1, 0.15) is 0 Å². The lowest BCUT2D eigenvalue weighted by atomic mass is 10.1. The maximum absolute atomic E-state index is 5.60. The van der Waals surface area contributed by atoms with Crippen LogP contribution in [-0.4, -0.2) is 0 Å². The zero-order valence-corrected chi connectivity index (χ0v) is 13.3. The second kappa shape index (κ2) is 8.21. The lowest BCUT2D eigenvalue weighted by Gasteiger charge is -1.99. The highest BCUT2D eigenvalue weighted by Crippen LogP contribution is 2.18. The molecule has 0 unspecified atom stereocenters. The minimum absolute atomic E-state index is 0.581. The molecule has 0 radical (unpaired) electrons. The van der Waals surface area contributed by atoms with Gasteiger partial charge in [-0.25, -0.2) is 0 Å². The molecule has 3 rings (SSSR count). The standard InChI is InChI=1S/C12H10.C9H9Cl/c1-2-10-7-5-8-11-6-3-4-9-12(10)11;1-2-8-3-5-9(7-10)6-4-8/h2-9H,1H2;2-6H,1,7H2. The smallest absolute Gasteiger partial charge is 0.0474 e. The number of benzene rings is 3. The van der Waals surface area contributed by atoms with Gasteiger partial charge in [-0.3, -0.25) is 0 Å². The summed E-state index contributed by atoms with van der Waals surface area (Å²) in [5.74, 6) is 0.581. The highest BCUT2D eigenvalue weighted by molar-refractivity contribution is 6.17. The van der Waals surface area contributed by atoms with Crippen molar-refractivity contribution < 1.29 is 0 Å². The van der Waals surface area contributed by atoms with Gasteiger partial charge in [-0.1, -0.05) is 92.0 Å². The molecular weight excluding hydrogens is 288 g/mol. The third-order valence-corrected chi connectivity index (χ3v) is 3.72. The van der Waals surface area contributed by atoms with Crippen LogP contribution in [0.4, 0.5) is 0 Å². The zero-order chi connectivity index (χ0) is 15.8. The fraction of sp³-hybridized carbons (Fsp3) is 0.0476. The van der Waals surface area contributed by atoms with Crippen LogP contribution in [0.15, 0.2) is 79.9 Å². The van der Waals surface area contributed by atoms with Crippen molar-refractivity contribution in [2.24, 2.45) is 0 Å². The summed E-state index contributed by atoms with van der Waals surface area (Å²) < 4.78 is 0. The van der Waals surface area contributed by atoms with Crippen molar-refractivity contribution in [1.29, 1.82) is 0 Å². The fourth-order valence-corrected chi connectivity index (χ4v) is 2.35. The van der Waals surface area contributed by atoms with Crippen LogP contribution in [0.5, 0.6) is 0 Å². The fourth-order valence-electron chi connectivity index (χ4n) is 2.17. The van der Waals surface area contributed by atoms with Gasteiger partial charge in [0.05, 0.1) is 0 Å². The van der Waals surface area contributed by atoms with Crippen LogP contribution < -0.4 is 0 Å². The normalized spacial score (nSPS) is 9.68. The topological polar surface area (TPSA) is 0 Å². The van der Waals surface area contributed by atoms with Crippen molar-refractivity contribution in [1.82, 2.24) is 0 Å². The van der Waals surface area contributed by atoms with Gasteiger partial charge < -0.3 is 0 Å². The molecule has 3 aromatic rings. The third-order valence-electron chi connectivity index (χ3n) is 3.41. The van der Waals surface area contributed by atoms with Gasteiger partial charge in [-0.05, 0) is 27.5 Å². The van der Waals surface area contributed by atoms with Gasteiger partial charge in [0, 0.05) is 5.88 Å². The molecule has 0 N–H and O–H groups in total. The van der Waals surface area contributed by atoms with Crippen LogP contribution in [0.1, 0.15) is 16.7 Å². The Labute approximate surface area is 137 Å². The van der Waals surface area contributed by atoms with Crippen molar-refractivity contribution in [3.8, 4) is 0 Å². The molecule has 110 valence electrons. The summed E-state index contributed by atoms with van der Waals surface area (Å²) in [5, 5.41) is 2.55. The first-order valence-electron chi connectivity index (χ1n) is 7.16. The number of hydrogen-bond donors (Lipinski definition) is 0. The third kappa shape index (κ3) is 4.09. The van der Waals surface area contributed by atoms with Gasteiger partial charge in [0.25, 0.3) is 0 Å². The Morgan fingerprint density at radius 3 is 2.09 bits per heavy atom. The summed E-state index contributed by atoms with van der Waals surface area (Å²) >= 11 is 5.60. The first-order valence-corrected chi connectivity index (χ1v) is 7.69. The molecule has 3 aromatic carbocycles. The van der Waals surface area contributed by atoms with Crippen LogP contribution in [0, 0.1) is 0 Å². The molecule has 0 aromatic heterocycles. The maximum Gasteiger partial charge on any atom is 0.0474 e. The Balaban J connectivity index is 0.000000164. The van der Waals surface area contributed by atoms with E-state index >= 15 is 0 Å². The first kappa shape index (κ1) is 16.1. The van der Waals surface area contributed by atoms with Crippen molar-refractivity contribution >= 4 is 34.5 Å². The van der Waals surface area contributed by atoms with Crippen LogP contribution in [0.2, 0.25) is 0 Å². The largest absolute Gasteiger partial charge is 0.122 e. The zero-order valence-electron chi connectivity index (χ0n) is 12.5. The number of alkyl halides is 1. The maximum atomic E-state index is 5.60. The van der Waals surface area contributed by atoms with Crippen LogP contribution >= 0.6 is 11.6 Å². The lowest BCUT2D eigenvalue weighted by Crippen LogP contribution is -1.76. The average Bonchev–Trinajstić information content (AvgIpc) is 2.61. The van der Waals surface area contributed by atoms with E-state index in [4.69, 9.17) is 11.6 Å². The Morgan fingerprint density at radius 2 is 1.45 bits per heavy atom. The minimum atomic E-state index is 0.581. The molecule has 0 spiro atoms. The monoisotopic (exact) mass is 306 g/mol. The Hall–Kier alpha value is -2.31. The SMILES string of the molecule is C=Cc1ccc(CCl)cc1.C=Cc1cccc2ccccc12. The van der Waals surface area contributed by atoms with Crippen molar-refractivity contribution in [2.75, 3.05) is 0 Å². The van der Waals surface area contributed by atoms with E-state index in [1.807, 2.05) is 36.4 Å². The summed E-state index contributed by atoms with van der Waals surface area (Å²) in [6.07, 6.45) is 3.71. The summed E-state index contributed by atoms with van der Waals surface area (Å²) in [4.78, 5) is 0. The highest BCUT2D eigenvalue weighted by atomic mass is 35.5. The number of rotatable bonds is 3. The van der Waals surface area contributed by atoms with E-state index in [2.05, 4.69) is 55.6 Å². The van der Waals surface area contributed by atoms with Gasteiger partial charge >= 0.3 is 0 Å². The van der Waals surface area contributed by atoms with Gasteiger partial charge in [0.15, 0.2) is 0 Å². The van der Waals surface area contributed by atoms with Crippen molar-refractivity contribution in [3.05, 3.63) is 96.6 Å². The van der Waals surface area contributed by atoms with E-state index in [0.717, 1.165) is 11.1 Å². The van der Waals surface area contributed by atoms with E-state index in [0.29, 0.717) is 5.88 Å². The number of hydrogen-bond acceptors (Lipinski definition) is 0. The van der Waals surface area contributed by atoms with E-state index in [1.54, 1.807) is 0 Å². The molecule has 0 amide bonds. The molecule has 0 atom stereocenters. The molecule has 0 heterocycles. The van der Waals surface area contributed by atoms with Crippen molar-refractivity contribution in [3.63, 3.8) is 0 Å². The molecule has 1 heteroatoms. The van der Waals surface area contributed by atoms with Crippen LogP contribution in [-0.2, 0) is 5.88 Å². The second-order valence-corrected chi connectivity index (χ2v) is 5.12. The molecule has 22 heavy (non-hydrogen) atoms. The van der Waals surface area contributed by atoms with Gasteiger partial charge in [-0.2, -0.15) is 0 Å². The highest BCUT2D eigenvalue weighted by Gasteiger charge is 1.93. The number of fused-ring (bicyclic) bond motifs is 1. The molecule has 0 aliphatic rings. The average molecular weight is 307 g/mol. The molecule has 0 fully saturated rings. The predicted octanol–water partition coefficient (Wildman–Crippen LogP) is 6.55. The number of halogens is 1. The minimum Gasteiger partial charge on any atom is -0.122 e. The Morgan fingerprint density at radius 1 is 0.773 bits per heavy atom. The molecular formula is C21H19Cl. The molecule has 0 aliphatic carbocycles. The van der Waals surface area contributed by atoms with Crippen LogP contribution in [0.3, 0.4) is 0 Å². The van der Waals surface area contributed by atoms with E-state index in [9.17, 15) is 0 Å². The van der Waals surface area contributed by atoms with Gasteiger partial charge in [0.2, 0.25) is 0 Å². The Bertz CT molecular complexity index is 749. The van der Waals surface area contributed by atoms with E-state index < -0.39 is 0 Å².